The Labute approximate surface area is 121 Å². The summed E-state index contributed by atoms with van der Waals surface area (Å²) >= 11 is 0. The van der Waals surface area contributed by atoms with Gasteiger partial charge in [0.05, 0.1) is 6.61 Å². The summed E-state index contributed by atoms with van der Waals surface area (Å²) in [4.78, 5) is 2.37. The molecular formula is C17H24N2O. The van der Waals surface area contributed by atoms with Gasteiger partial charge in [-0.1, -0.05) is 24.3 Å². The first-order valence-corrected chi connectivity index (χ1v) is 7.41. The highest BCUT2D eigenvalue weighted by molar-refractivity contribution is 5.98. The predicted molar refractivity (Wildman–Crippen MR) is 86.7 cm³/mol. The zero-order chi connectivity index (χ0) is 14.4. The van der Waals surface area contributed by atoms with Crippen LogP contribution in [0.25, 0.3) is 10.8 Å². The zero-order valence-corrected chi connectivity index (χ0v) is 12.4. The van der Waals surface area contributed by atoms with Gasteiger partial charge in [-0.25, -0.2) is 0 Å². The van der Waals surface area contributed by atoms with Crippen molar-refractivity contribution < 1.29 is 4.74 Å². The molecule has 0 aliphatic carbocycles. The average molecular weight is 272 g/mol. The highest BCUT2D eigenvalue weighted by atomic mass is 16.5. The predicted octanol–water partition coefficient (Wildman–Crippen LogP) is 3.41. The molecule has 0 heterocycles. The fraction of sp³-hybridized carbons (Fsp3) is 0.412. The number of anilines is 1. The van der Waals surface area contributed by atoms with E-state index in [4.69, 9.17) is 10.5 Å². The lowest BCUT2D eigenvalue weighted by Crippen LogP contribution is -2.21. The van der Waals surface area contributed by atoms with Gasteiger partial charge in [-0.05, 0) is 38.9 Å². The van der Waals surface area contributed by atoms with E-state index in [2.05, 4.69) is 49.1 Å². The molecule has 0 aliphatic rings. The molecule has 2 N–H and O–H groups in total. The van der Waals surface area contributed by atoms with Gasteiger partial charge in [0.25, 0.3) is 0 Å². The summed E-state index contributed by atoms with van der Waals surface area (Å²) in [6.45, 7) is 7.72. The second kappa shape index (κ2) is 7.15. The van der Waals surface area contributed by atoms with Crippen LogP contribution in [0.3, 0.4) is 0 Å². The van der Waals surface area contributed by atoms with Crippen LogP contribution in [0, 0.1) is 0 Å². The summed E-state index contributed by atoms with van der Waals surface area (Å²) in [7, 11) is 0. The second-order valence-electron chi connectivity index (χ2n) is 4.79. The molecular weight excluding hydrogens is 248 g/mol. The fourth-order valence-electron chi connectivity index (χ4n) is 2.50. The van der Waals surface area contributed by atoms with Crippen molar-refractivity contribution in [1.82, 2.24) is 0 Å². The molecule has 0 aromatic heterocycles. The highest BCUT2D eigenvalue weighted by Gasteiger charge is 2.09. The van der Waals surface area contributed by atoms with Crippen molar-refractivity contribution in [2.24, 2.45) is 5.73 Å². The molecule has 0 aliphatic heterocycles. The van der Waals surface area contributed by atoms with E-state index in [0.717, 1.165) is 25.3 Å². The molecule has 0 spiro atoms. The van der Waals surface area contributed by atoms with Gasteiger partial charge in [-0.3, -0.25) is 0 Å². The first-order chi connectivity index (χ1) is 9.81. The number of nitrogens with zero attached hydrogens (tertiary/aromatic N) is 1. The first-order valence-electron chi connectivity index (χ1n) is 7.41. The van der Waals surface area contributed by atoms with Gasteiger partial charge in [0.1, 0.15) is 5.75 Å². The van der Waals surface area contributed by atoms with Crippen LogP contribution >= 0.6 is 0 Å². The van der Waals surface area contributed by atoms with Crippen molar-refractivity contribution in [3.05, 3.63) is 36.4 Å². The van der Waals surface area contributed by atoms with E-state index < -0.39 is 0 Å². The van der Waals surface area contributed by atoms with Crippen molar-refractivity contribution in [3.8, 4) is 5.75 Å². The van der Waals surface area contributed by atoms with Gasteiger partial charge >= 0.3 is 0 Å². The molecule has 20 heavy (non-hydrogen) atoms. The van der Waals surface area contributed by atoms with Crippen LogP contribution in [0.1, 0.15) is 20.3 Å². The Kier molecular flexibility index (Phi) is 5.24. The summed E-state index contributed by atoms with van der Waals surface area (Å²) < 4.78 is 5.86. The number of nitrogens with two attached hydrogens (primary N) is 1. The Balaban J connectivity index is 2.40. The third-order valence-electron chi connectivity index (χ3n) is 3.57. The minimum absolute atomic E-state index is 0.662. The lowest BCUT2D eigenvalue weighted by atomic mass is 10.1. The van der Waals surface area contributed by atoms with Crippen LogP contribution in [-0.4, -0.2) is 26.2 Å². The average Bonchev–Trinajstić information content (AvgIpc) is 2.49. The molecule has 0 saturated heterocycles. The minimum Gasteiger partial charge on any atom is -0.493 e. The molecule has 108 valence electrons. The van der Waals surface area contributed by atoms with Crippen molar-refractivity contribution >= 4 is 16.5 Å². The molecule has 2 aromatic rings. The Morgan fingerprint density at radius 2 is 1.70 bits per heavy atom. The van der Waals surface area contributed by atoms with Crippen LogP contribution < -0.4 is 15.4 Å². The van der Waals surface area contributed by atoms with Crippen LogP contribution in [0.2, 0.25) is 0 Å². The molecule has 2 aromatic carbocycles. The molecule has 3 nitrogen and oxygen atoms in total. The van der Waals surface area contributed by atoms with E-state index >= 15 is 0 Å². The number of benzene rings is 2. The molecule has 0 unspecified atom stereocenters. The monoisotopic (exact) mass is 272 g/mol. The second-order valence-corrected chi connectivity index (χ2v) is 4.79. The molecule has 3 heteroatoms. The van der Waals surface area contributed by atoms with Gasteiger partial charge in [0.2, 0.25) is 0 Å². The molecule has 0 bridgehead atoms. The Morgan fingerprint density at radius 1 is 1.00 bits per heavy atom. The Bertz CT molecular complexity index is 550. The lowest BCUT2D eigenvalue weighted by Gasteiger charge is -2.23. The van der Waals surface area contributed by atoms with E-state index in [0.29, 0.717) is 13.2 Å². The first kappa shape index (κ1) is 14.7. The Hall–Kier alpha value is -1.74. The molecule has 2 rings (SSSR count). The highest BCUT2D eigenvalue weighted by Crippen LogP contribution is 2.32. The van der Waals surface area contributed by atoms with E-state index in [-0.39, 0.29) is 0 Å². The SMILES string of the molecule is CCN(CC)c1cccc2c(OCCCN)cccc12. The number of hydrogen-bond acceptors (Lipinski definition) is 3. The maximum absolute atomic E-state index is 5.86. The Morgan fingerprint density at radius 3 is 2.40 bits per heavy atom. The van der Waals surface area contributed by atoms with E-state index in [1.807, 2.05) is 6.07 Å². The number of ether oxygens (including phenoxy) is 1. The van der Waals surface area contributed by atoms with Gasteiger partial charge in [-0.15, -0.1) is 0 Å². The summed E-state index contributed by atoms with van der Waals surface area (Å²) in [5.74, 6) is 0.949. The molecule has 0 radical (unpaired) electrons. The van der Waals surface area contributed by atoms with Crippen LogP contribution in [0.4, 0.5) is 5.69 Å². The van der Waals surface area contributed by atoms with Crippen molar-refractivity contribution in [2.75, 3.05) is 31.1 Å². The number of hydrogen-bond donors (Lipinski definition) is 1. The maximum Gasteiger partial charge on any atom is 0.127 e. The normalized spacial score (nSPS) is 10.8. The topological polar surface area (TPSA) is 38.5 Å². The van der Waals surface area contributed by atoms with Gasteiger partial charge < -0.3 is 15.4 Å². The largest absolute Gasteiger partial charge is 0.493 e. The third-order valence-corrected chi connectivity index (χ3v) is 3.57. The molecule has 0 amide bonds. The smallest absolute Gasteiger partial charge is 0.127 e. The summed E-state index contributed by atoms with van der Waals surface area (Å²) in [6.07, 6.45) is 0.881. The number of rotatable bonds is 7. The van der Waals surface area contributed by atoms with Crippen LogP contribution in [0.15, 0.2) is 36.4 Å². The zero-order valence-electron chi connectivity index (χ0n) is 12.4. The molecule has 0 fully saturated rings. The van der Waals surface area contributed by atoms with Gasteiger partial charge in [0, 0.05) is 29.5 Å². The summed E-state index contributed by atoms with van der Waals surface area (Å²) in [5, 5.41) is 2.43. The quantitative estimate of drug-likeness (QED) is 0.785. The fourth-order valence-corrected chi connectivity index (χ4v) is 2.50. The van der Waals surface area contributed by atoms with Crippen molar-refractivity contribution in [1.29, 1.82) is 0 Å². The van der Waals surface area contributed by atoms with E-state index in [1.54, 1.807) is 0 Å². The van der Waals surface area contributed by atoms with Crippen molar-refractivity contribution in [3.63, 3.8) is 0 Å². The van der Waals surface area contributed by atoms with Crippen LogP contribution in [0.5, 0.6) is 5.75 Å². The van der Waals surface area contributed by atoms with Gasteiger partial charge in [-0.2, -0.15) is 0 Å². The standard InChI is InChI=1S/C17H24N2O/c1-3-19(4-2)16-10-5-9-15-14(16)8-6-11-17(15)20-13-7-12-18/h5-6,8-11H,3-4,7,12-13,18H2,1-2H3. The maximum atomic E-state index is 5.86. The van der Waals surface area contributed by atoms with Crippen LogP contribution in [-0.2, 0) is 0 Å². The van der Waals surface area contributed by atoms with Crippen molar-refractivity contribution in [2.45, 2.75) is 20.3 Å². The minimum atomic E-state index is 0.662. The third kappa shape index (κ3) is 3.05. The number of fused-ring (bicyclic) bond motifs is 1. The summed E-state index contributed by atoms with van der Waals surface area (Å²) in [6, 6.07) is 12.7. The van der Waals surface area contributed by atoms with E-state index in [1.165, 1.54) is 16.5 Å². The summed E-state index contributed by atoms with van der Waals surface area (Å²) in [5.41, 5.74) is 6.79. The van der Waals surface area contributed by atoms with E-state index in [9.17, 15) is 0 Å². The molecule has 0 saturated carbocycles. The lowest BCUT2D eigenvalue weighted by molar-refractivity contribution is 0.317. The molecule has 0 atom stereocenters. The van der Waals surface area contributed by atoms with Gasteiger partial charge in [0.15, 0.2) is 0 Å².